The van der Waals surface area contributed by atoms with E-state index >= 15 is 0 Å². The van der Waals surface area contributed by atoms with Crippen molar-refractivity contribution in [3.05, 3.63) is 24.6 Å². The zero-order valence-electron chi connectivity index (χ0n) is 8.98. The van der Waals surface area contributed by atoms with Crippen LogP contribution in [0.25, 0.3) is 11.0 Å². The van der Waals surface area contributed by atoms with Crippen molar-refractivity contribution in [1.29, 1.82) is 0 Å². The van der Waals surface area contributed by atoms with E-state index in [0.29, 0.717) is 6.04 Å². The zero-order chi connectivity index (χ0) is 10.8. The molecule has 0 aliphatic carbocycles. The summed E-state index contributed by atoms with van der Waals surface area (Å²) in [6.07, 6.45) is 5.96. The van der Waals surface area contributed by atoms with Crippen LogP contribution in [0, 0.1) is 0 Å². The minimum absolute atomic E-state index is 0.564. The lowest BCUT2D eigenvalue weighted by Gasteiger charge is -2.23. The molecule has 3 heterocycles. The first-order valence-electron chi connectivity index (χ1n) is 5.60. The van der Waals surface area contributed by atoms with Crippen molar-refractivity contribution in [2.45, 2.75) is 18.9 Å². The normalized spacial score (nSPS) is 17.8. The summed E-state index contributed by atoms with van der Waals surface area (Å²) in [6.45, 7) is 0. The van der Waals surface area contributed by atoms with Gasteiger partial charge in [-0.3, -0.25) is 0 Å². The Bertz CT molecular complexity index is 477. The van der Waals surface area contributed by atoms with Gasteiger partial charge >= 0.3 is 0 Å². The Balaban J connectivity index is 1.85. The molecule has 84 valence electrons. The first kappa shape index (κ1) is 10.0. The van der Waals surface area contributed by atoms with Crippen molar-refractivity contribution in [1.82, 2.24) is 4.98 Å². The first-order chi connectivity index (χ1) is 7.93. The third kappa shape index (κ3) is 1.89. The molecule has 0 unspecified atom stereocenters. The molecule has 3 nitrogen and oxygen atoms in total. The number of aromatic nitrogens is 1. The van der Waals surface area contributed by atoms with E-state index in [1.807, 2.05) is 23.9 Å². The van der Waals surface area contributed by atoms with Gasteiger partial charge in [-0.25, -0.2) is 4.98 Å². The monoisotopic (exact) mass is 234 g/mol. The highest BCUT2D eigenvalue weighted by molar-refractivity contribution is 7.99. The maximum absolute atomic E-state index is 5.36. The van der Waals surface area contributed by atoms with Crippen LogP contribution in [-0.2, 0) is 0 Å². The highest BCUT2D eigenvalue weighted by Crippen LogP contribution is 2.25. The molecule has 0 atom stereocenters. The zero-order valence-corrected chi connectivity index (χ0v) is 9.80. The summed E-state index contributed by atoms with van der Waals surface area (Å²) in [6, 6.07) is 4.44. The second-order valence-corrected chi connectivity index (χ2v) is 5.25. The molecule has 16 heavy (non-hydrogen) atoms. The number of thioether (sulfide) groups is 1. The fourth-order valence-electron chi connectivity index (χ4n) is 2.05. The molecular weight excluding hydrogens is 220 g/mol. The Morgan fingerprint density at radius 3 is 3.06 bits per heavy atom. The van der Waals surface area contributed by atoms with E-state index in [1.54, 1.807) is 12.5 Å². The Morgan fingerprint density at radius 2 is 2.19 bits per heavy atom. The fourth-order valence-corrected chi connectivity index (χ4v) is 3.15. The Kier molecular flexibility index (Phi) is 2.74. The molecule has 0 aromatic carbocycles. The molecule has 4 heteroatoms. The van der Waals surface area contributed by atoms with Gasteiger partial charge in [0.15, 0.2) is 0 Å². The minimum atomic E-state index is 0.564. The van der Waals surface area contributed by atoms with Crippen LogP contribution < -0.4 is 5.32 Å². The fraction of sp³-hybridized carbons (Fsp3) is 0.417. The molecule has 0 radical (unpaired) electrons. The van der Waals surface area contributed by atoms with Crippen molar-refractivity contribution in [3.63, 3.8) is 0 Å². The minimum Gasteiger partial charge on any atom is -0.464 e. The Morgan fingerprint density at radius 1 is 1.31 bits per heavy atom. The molecule has 3 rings (SSSR count). The highest BCUT2D eigenvalue weighted by Gasteiger charge is 2.15. The number of nitrogens with one attached hydrogen (secondary N) is 1. The summed E-state index contributed by atoms with van der Waals surface area (Å²) >= 11 is 2.04. The van der Waals surface area contributed by atoms with Crippen LogP contribution >= 0.6 is 11.8 Å². The molecule has 1 aliphatic heterocycles. The van der Waals surface area contributed by atoms with Gasteiger partial charge in [0.2, 0.25) is 0 Å². The van der Waals surface area contributed by atoms with Gasteiger partial charge in [0.05, 0.1) is 11.6 Å². The van der Waals surface area contributed by atoms with Gasteiger partial charge in [-0.2, -0.15) is 11.8 Å². The number of rotatable bonds is 2. The van der Waals surface area contributed by atoms with Crippen molar-refractivity contribution in [2.75, 3.05) is 16.8 Å². The van der Waals surface area contributed by atoms with Gasteiger partial charge in [0.1, 0.15) is 11.4 Å². The van der Waals surface area contributed by atoms with Crippen molar-refractivity contribution in [2.24, 2.45) is 0 Å². The van der Waals surface area contributed by atoms with Gasteiger partial charge in [0.25, 0.3) is 0 Å². The van der Waals surface area contributed by atoms with E-state index in [0.717, 1.165) is 16.8 Å². The molecule has 0 spiro atoms. The van der Waals surface area contributed by atoms with E-state index < -0.39 is 0 Å². The SMILES string of the molecule is c1cc2occc2c(NC2CCSCC2)n1. The van der Waals surface area contributed by atoms with E-state index in [9.17, 15) is 0 Å². The van der Waals surface area contributed by atoms with E-state index in [2.05, 4.69) is 10.3 Å². The van der Waals surface area contributed by atoms with Crippen LogP contribution in [0.15, 0.2) is 29.0 Å². The maximum atomic E-state index is 5.36. The number of furan rings is 1. The summed E-state index contributed by atoms with van der Waals surface area (Å²) in [7, 11) is 0. The maximum Gasteiger partial charge on any atom is 0.139 e. The molecule has 1 N–H and O–H groups in total. The smallest absolute Gasteiger partial charge is 0.139 e. The van der Waals surface area contributed by atoms with Crippen LogP contribution in [0.3, 0.4) is 0 Å². The average Bonchev–Trinajstić information content (AvgIpc) is 2.80. The summed E-state index contributed by atoms with van der Waals surface area (Å²) < 4.78 is 5.36. The van der Waals surface area contributed by atoms with Crippen molar-refractivity contribution < 1.29 is 4.42 Å². The summed E-state index contributed by atoms with van der Waals surface area (Å²) in [5, 5.41) is 4.61. The number of anilines is 1. The van der Waals surface area contributed by atoms with Crippen LogP contribution in [0.1, 0.15) is 12.8 Å². The van der Waals surface area contributed by atoms with Crippen LogP contribution in [0.2, 0.25) is 0 Å². The van der Waals surface area contributed by atoms with Gasteiger partial charge in [-0.15, -0.1) is 0 Å². The van der Waals surface area contributed by atoms with Gasteiger partial charge in [0, 0.05) is 12.2 Å². The Labute approximate surface area is 98.6 Å². The van der Waals surface area contributed by atoms with E-state index in [-0.39, 0.29) is 0 Å². The van der Waals surface area contributed by atoms with Gasteiger partial charge < -0.3 is 9.73 Å². The summed E-state index contributed by atoms with van der Waals surface area (Å²) in [4.78, 5) is 4.40. The lowest BCUT2D eigenvalue weighted by atomic mass is 10.1. The summed E-state index contributed by atoms with van der Waals surface area (Å²) in [5.74, 6) is 3.46. The second kappa shape index (κ2) is 4.37. The molecule has 2 aromatic rings. The Hall–Kier alpha value is -1.16. The second-order valence-electron chi connectivity index (χ2n) is 4.02. The molecule has 0 saturated carbocycles. The molecule has 1 saturated heterocycles. The standard InChI is InChI=1S/C12H14N2OS/c1-5-13-12(10-2-6-15-11(1)10)14-9-3-7-16-8-4-9/h1-2,5-6,9H,3-4,7-8H2,(H,13,14). The largest absolute Gasteiger partial charge is 0.464 e. The summed E-state index contributed by atoms with van der Waals surface area (Å²) in [5.41, 5.74) is 0.905. The predicted molar refractivity (Wildman–Crippen MR) is 68.0 cm³/mol. The van der Waals surface area contributed by atoms with Crippen LogP contribution in [-0.4, -0.2) is 22.5 Å². The number of fused-ring (bicyclic) bond motifs is 1. The lowest BCUT2D eigenvalue weighted by molar-refractivity contribution is 0.615. The molecule has 2 aromatic heterocycles. The molecule has 1 aliphatic rings. The van der Waals surface area contributed by atoms with Gasteiger partial charge in [-0.1, -0.05) is 0 Å². The molecular formula is C12H14N2OS. The van der Waals surface area contributed by atoms with Crippen molar-refractivity contribution >= 4 is 28.5 Å². The number of hydrogen-bond donors (Lipinski definition) is 1. The highest BCUT2D eigenvalue weighted by atomic mass is 32.2. The molecule has 0 bridgehead atoms. The topological polar surface area (TPSA) is 38.1 Å². The van der Waals surface area contributed by atoms with E-state index in [4.69, 9.17) is 4.42 Å². The number of hydrogen-bond acceptors (Lipinski definition) is 4. The van der Waals surface area contributed by atoms with Crippen molar-refractivity contribution in [3.8, 4) is 0 Å². The first-order valence-corrected chi connectivity index (χ1v) is 6.75. The third-order valence-electron chi connectivity index (χ3n) is 2.94. The van der Waals surface area contributed by atoms with E-state index in [1.165, 1.54) is 24.3 Å². The third-order valence-corrected chi connectivity index (χ3v) is 3.99. The van der Waals surface area contributed by atoms with Gasteiger partial charge in [-0.05, 0) is 36.5 Å². The number of nitrogens with zero attached hydrogens (tertiary/aromatic N) is 1. The van der Waals surface area contributed by atoms with Crippen LogP contribution in [0.5, 0.6) is 0 Å². The van der Waals surface area contributed by atoms with Crippen LogP contribution in [0.4, 0.5) is 5.82 Å². The quantitative estimate of drug-likeness (QED) is 0.866. The number of pyridine rings is 1. The molecule has 1 fully saturated rings. The average molecular weight is 234 g/mol. The lowest BCUT2D eigenvalue weighted by Crippen LogP contribution is -2.24. The molecule has 0 amide bonds. The predicted octanol–water partition coefficient (Wildman–Crippen LogP) is 3.14.